The van der Waals surface area contributed by atoms with Crippen molar-refractivity contribution in [3.05, 3.63) is 77.9 Å². The second kappa shape index (κ2) is 8.18. The van der Waals surface area contributed by atoms with Crippen LogP contribution in [0.3, 0.4) is 0 Å². The van der Waals surface area contributed by atoms with Crippen molar-refractivity contribution >= 4 is 11.6 Å². The van der Waals surface area contributed by atoms with E-state index in [9.17, 15) is 4.79 Å². The van der Waals surface area contributed by atoms with Crippen molar-refractivity contribution < 1.29 is 4.79 Å². The summed E-state index contributed by atoms with van der Waals surface area (Å²) < 4.78 is 0. The smallest absolute Gasteiger partial charge is 0.254 e. The van der Waals surface area contributed by atoms with Gasteiger partial charge in [-0.3, -0.25) is 4.79 Å². The molecule has 0 saturated carbocycles. The number of amides is 1. The first-order valence-corrected chi connectivity index (χ1v) is 7.74. The van der Waals surface area contributed by atoms with E-state index in [1.165, 1.54) is 5.57 Å². The zero-order chi connectivity index (χ0) is 15.8. The van der Waals surface area contributed by atoms with Crippen LogP contribution >= 0.6 is 0 Å². The summed E-state index contributed by atoms with van der Waals surface area (Å²) in [5, 5.41) is 0. The molecule has 0 aromatic heterocycles. The molecular weight excluding hydrogens is 270 g/mol. The molecule has 0 aliphatic heterocycles. The molecular formula is C20H23NO. The van der Waals surface area contributed by atoms with Gasteiger partial charge in [-0.1, -0.05) is 60.2 Å². The first kappa shape index (κ1) is 16.0. The second-order valence-corrected chi connectivity index (χ2v) is 5.36. The summed E-state index contributed by atoms with van der Waals surface area (Å²) in [6, 6.07) is 9.85. The lowest BCUT2D eigenvalue weighted by Gasteiger charge is -2.24. The average Bonchev–Trinajstić information content (AvgIpc) is 2.55. The fraction of sp³-hybridized carbons (Fsp3) is 0.250. The van der Waals surface area contributed by atoms with Gasteiger partial charge in [0, 0.05) is 17.8 Å². The number of hydrogen-bond donors (Lipinski definition) is 0. The maximum Gasteiger partial charge on any atom is 0.254 e. The maximum absolute atomic E-state index is 12.9. The molecule has 1 aromatic carbocycles. The van der Waals surface area contributed by atoms with Crippen LogP contribution in [0.2, 0.25) is 0 Å². The van der Waals surface area contributed by atoms with Gasteiger partial charge in [-0.15, -0.1) is 0 Å². The molecule has 2 rings (SSSR count). The van der Waals surface area contributed by atoms with Gasteiger partial charge in [-0.2, -0.15) is 0 Å². The number of carbonyl (C=O) groups is 1. The molecule has 22 heavy (non-hydrogen) atoms. The van der Waals surface area contributed by atoms with E-state index in [2.05, 4.69) is 6.08 Å². The fourth-order valence-electron chi connectivity index (χ4n) is 2.47. The molecule has 114 valence electrons. The van der Waals surface area contributed by atoms with Crippen molar-refractivity contribution in [2.24, 2.45) is 0 Å². The van der Waals surface area contributed by atoms with Crippen molar-refractivity contribution in [3.8, 4) is 0 Å². The first-order chi connectivity index (χ1) is 10.7. The Labute approximate surface area is 133 Å². The van der Waals surface area contributed by atoms with Crippen LogP contribution in [0.4, 0.5) is 5.69 Å². The SMILES string of the molecule is C/C=C/C=C/CN(C(=O)C1=CC(C)=CCC1)c1ccccc1. The first-order valence-electron chi connectivity index (χ1n) is 7.74. The summed E-state index contributed by atoms with van der Waals surface area (Å²) in [5.41, 5.74) is 3.00. The van der Waals surface area contributed by atoms with Gasteiger partial charge in [0.1, 0.15) is 0 Å². The minimum Gasteiger partial charge on any atom is -0.305 e. The van der Waals surface area contributed by atoms with Crippen LogP contribution in [0.25, 0.3) is 0 Å². The molecule has 0 saturated heterocycles. The van der Waals surface area contributed by atoms with Crippen LogP contribution in [0, 0.1) is 0 Å². The molecule has 0 bridgehead atoms. The van der Waals surface area contributed by atoms with Crippen LogP contribution in [-0.4, -0.2) is 12.5 Å². The Morgan fingerprint density at radius 1 is 1.23 bits per heavy atom. The third kappa shape index (κ3) is 4.32. The van der Waals surface area contributed by atoms with Gasteiger partial charge in [-0.25, -0.2) is 0 Å². The summed E-state index contributed by atoms with van der Waals surface area (Å²) in [4.78, 5) is 14.7. The van der Waals surface area contributed by atoms with Crippen LogP contribution < -0.4 is 4.90 Å². The maximum atomic E-state index is 12.9. The normalized spacial score (nSPS) is 15.0. The lowest BCUT2D eigenvalue weighted by molar-refractivity contribution is -0.115. The predicted octanol–water partition coefficient (Wildman–Crippen LogP) is 4.82. The fourth-order valence-corrected chi connectivity index (χ4v) is 2.47. The molecule has 0 heterocycles. The third-order valence-electron chi connectivity index (χ3n) is 3.60. The number of benzene rings is 1. The van der Waals surface area contributed by atoms with E-state index in [-0.39, 0.29) is 5.91 Å². The number of para-hydroxylation sites is 1. The molecule has 0 radical (unpaired) electrons. The largest absolute Gasteiger partial charge is 0.305 e. The van der Waals surface area contributed by atoms with Gasteiger partial charge in [0.2, 0.25) is 0 Å². The van der Waals surface area contributed by atoms with E-state index in [0.29, 0.717) is 6.54 Å². The monoisotopic (exact) mass is 293 g/mol. The topological polar surface area (TPSA) is 20.3 Å². The molecule has 1 aliphatic carbocycles. The van der Waals surface area contributed by atoms with E-state index < -0.39 is 0 Å². The number of hydrogen-bond acceptors (Lipinski definition) is 1. The minimum atomic E-state index is 0.101. The molecule has 1 aromatic rings. The van der Waals surface area contributed by atoms with Crippen LogP contribution in [0.15, 0.2) is 77.9 Å². The van der Waals surface area contributed by atoms with Gasteiger partial charge in [0.15, 0.2) is 0 Å². The molecule has 0 atom stereocenters. The lowest BCUT2D eigenvalue weighted by Crippen LogP contribution is -2.32. The Bertz CT molecular complexity index is 620. The highest BCUT2D eigenvalue weighted by Gasteiger charge is 2.19. The highest BCUT2D eigenvalue weighted by atomic mass is 16.2. The van der Waals surface area contributed by atoms with Crippen molar-refractivity contribution in [2.45, 2.75) is 26.7 Å². The molecule has 2 heteroatoms. The molecule has 1 amide bonds. The van der Waals surface area contributed by atoms with Gasteiger partial charge in [0.25, 0.3) is 5.91 Å². The second-order valence-electron chi connectivity index (χ2n) is 5.36. The molecule has 0 fully saturated rings. The van der Waals surface area contributed by atoms with Gasteiger partial charge in [-0.05, 0) is 38.8 Å². The average molecular weight is 293 g/mol. The van der Waals surface area contributed by atoms with Crippen molar-refractivity contribution in [3.63, 3.8) is 0 Å². The summed E-state index contributed by atoms with van der Waals surface area (Å²) in [6.45, 7) is 4.60. The Morgan fingerprint density at radius 2 is 2.00 bits per heavy atom. The Balaban J connectivity index is 2.24. The Kier molecular flexibility index (Phi) is 5.96. The van der Waals surface area contributed by atoms with Gasteiger partial charge < -0.3 is 4.90 Å². The Morgan fingerprint density at radius 3 is 2.68 bits per heavy atom. The van der Waals surface area contributed by atoms with Crippen molar-refractivity contribution in [1.82, 2.24) is 0 Å². The van der Waals surface area contributed by atoms with Gasteiger partial charge >= 0.3 is 0 Å². The summed E-state index contributed by atoms with van der Waals surface area (Å²) in [6.07, 6.45) is 13.9. The molecule has 0 spiro atoms. The van der Waals surface area contributed by atoms with E-state index in [1.807, 2.05) is 79.5 Å². The summed E-state index contributed by atoms with van der Waals surface area (Å²) in [5.74, 6) is 0.101. The summed E-state index contributed by atoms with van der Waals surface area (Å²) in [7, 11) is 0. The number of rotatable bonds is 5. The highest BCUT2D eigenvalue weighted by Crippen LogP contribution is 2.22. The predicted molar refractivity (Wildman–Crippen MR) is 93.8 cm³/mol. The Hall–Kier alpha value is -2.35. The number of nitrogens with zero attached hydrogens (tertiary/aromatic N) is 1. The lowest BCUT2D eigenvalue weighted by atomic mass is 9.99. The van der Waals surface area contributed by atoms with Gasteiger partial charge in [0.05, 0.1) is 0 Å². The van der Waals surface area contributed by atoms with E-state index in [4.69, 9.17) is 0 Å². The van der Waals surface area contributed by atoms with E-state index >= 15 is 0 Å². The van der Waals surface area contributed by atoms with Crippen molar-refractivity contribution in [2.75, 3.05) is 11.4 Å². The number of carbonyl (C=O) groups excluding carboxylic acids is 1. The number of anilines is 1. The number of allylic oxidation sites excluding steroid dienone is 6. The highest BCUT2D eigenvalue weighted by molar-refractivity contribution is 6.06. The molecule has 2 nitrogen and oxygen atoms in total. The zero-order valence-electron chi connectivity index (χ0n) is 13.3. The van der Waals surface area contributed by atoms with E-state index in [1.54, 1.807) is 0 Å². The molecule has 1 aliphatic rings. The van der Waals surface area contributed by atoms with Crippen LogP contribution in [-0.2, 0) is 4.79 Å². The van der Waals surface area contributed by atoms with Crippen LogP contribution in [0.1, 0.15) is 26.7 Å². The summed E-state index contributed by atoms with van der Waals surface area (Å²) >= 11 is 0. The third-order valence-corrected chi connectivity index (χ3v) is 3.60. The van der Waals surface area contributed by atoms with Crippen LogP contribution in [0.5, 0.6) is 0 Å². The quantitative estimate of drug-likeness (QED) is 0.713. The van der Waals surface area contributed by atoms with E-state index in [0.717, 1.165) is 24.1 Å². The zero-order valence-corrected chi connectivity index (χ0v) is 13.3. The molecule has 0 unspecified atom stereocenters. The minimum absolute atomic E-state index is 0.101. The van der Waals surface area contributed by atoms with Crippen molar-refractivity contribution in [1.29, 1.82) is 0 Å². The standard InChI is InChI=1S/C20H23NO/c1-3-4-5-9-15-21(19-13-7-6-8-14-19)20(22)18-12-10-11-17(2)16-18/h3-9,11,13-14,16H,10,12,15H2,1-2H3/b4-3+,9-5+. The molecule has 0 N–H and O–H groups in total.